The summed E-state index contributed by atoms with van der Waals surface area (Å²) in [4.78, 5) is 76.6. The number of carbonyl (C=O) groups is 5. The summed E-state index contributed by atoms with van der Waals surface area (Å²) < 4.78 is 108. The Bertz CT molecular complexity index is 4940. The monoisotopic (exact) mass is 1530 g/mol. The molecular formula is C69H80ClF2N15O19S. The average molecular weight is 1530 g/mol. The van der Waals surface area contributed by atoms with Crippen LogP contribution in [0.5, 0.6) is 28.7 Å². The van der Waals surface area contributed by atoms with Crippen molar-refractivity contribution in [1.29, 1.82) is 0 Å². The summed E-state index contributed by atoms with van der Waals surface area (Å²) in [7, 11) is 5.36. The molecular weight excluding hydrogens is 1450 g/mol. The first-order chi connectivity index (χ1) is 51.1. The Morgan fingerprint density at radius 2 is 0.860 bits per heavy atom. The van der Waals surface area contributed by atoms with Crippen molar-refractivity contribution < 1.29 is 96.6 Å². The molecule has 11 aromatic rings. The fourth-order valence-corrected chi connectivity index (χ4v) is 8.69. The van der Waals surface area contributed by atoms with Crippen LogP contribution in [0, 0.1) is 6.92 Å². The Balaban J connectivity index is 0.000000207. The number of likely N-dealkylation sites (N-methyl/N-ethyl adjacent to an activating group) is 4. The van der Waals surface area contributed by atoms with Gasteiger partial charge in [-0.05, 0) is 112 Å². The van der Waals surface area contributed by atoms with Crippen LogP contribution < -0.4 is 72.5 Å². The molecule has 107 heavy (non-hydrogen) atoms. The van der Waals surface area contributed by atoms with Gasteiger partial charge in [0.25, 0.3) is 39.5 Å². The summed E-state index contributed by atoms with van der Waals surface area (Å²) in [6, 6.07) is 32.3. The van der Waals surface area contributed by atoms with Gasteiger partial charge in [-0.3, -0.25) is 23.7 Å². The Labute approximate surface area is 615 Å². The van der Waals surface area contributed by atoms with Gasteiger partial charge in [-0.2, -0.15) is 33.3 Å². The zero-order valence-corrected chi connectivity index (χ0v) is 61.0. The number of anilines is 4. The Hall–Kier alpha value is -12.5. The van der Waals surface area contributed by atoms with Crippen molar-refractivity contribution >= 4 is 131 Å². The maximum absolute atomic E-state index is 13.1. The summed E-state index contributed by atoms with van der Waals surface area (Å²) >= 11 is 5.56. The first kappa shape index (κ1) is 83.5. The Kier molecular flexibility index (Phi) is 32.1. The number of aromatic hydroxyl groups is 1. The second-order valence-corrected chi connectivity index (χ2v) is 24.4. The highest BCUT2D eigenvalue weighted by Gasteiger charge is 2.18. The van der Waals surface area contributed by atoms with E-state index in [2.05, 4.69) is 72.8 Å². The normalized spacial score (nSPS) is 11.1. The number of halogens is 3. The Morgan fingerprint density at radius 1 is 0.514 bits per heavy atom. The fraction of sp³-hybridized carbons (Fsp3) is 0.275. The molecule has 0 spiro atoms. The third kappa shape index (κ3) is 28.2. The van der Waals surface area contributed by atoms with Crippen molar-refractivity contribution in [3.63, 3.8) is 0 Å². The van der Waals surface area contributed by atoms with E-state index in [0.717, 1.165) is 16.8 Å². The number of ether oxygens (including phenoxy) is 5. The van der Waals surface area contributed by atoms with Crippen LogP contribution in [0.1, 0.15) is 26.3 Å². The van der Waals surface area contributed by atoms with E-state index >= 15 is 0 Å². The predicted molar refractivity (Wildman–Crippen MR) is 394 cm³/mol. The van der Waals surface area contributed by atoms with Crippen molar-refractivity contribution in [2.24, 2.45) is 5.73 Å². The molecule has 5 aromatic heterocycles. The summed E-state index contributed by atoms with van der Waals surface area (Å²) in [6.45, 7) is 7.39. The number of amides is 5. The van der Waals surface area contributed by atoms with Crippen LogP contribution in [-0.4, -0.2) is 173 Å². The zero-order chi connectivity index (χ0) is 78.2. The van der Waals surface area contributed by atoms with E-state index < -0.39 is 21.8 Å². The van der Waals surface area contributed by atoms with E-state index in [1.165, 1.54) is 31.3 Å². The second-order valence-electron chi connectivity index (χ2n) is 22.7. The molecule has 0 saturated carbocycles. The molecule has 11 rings (SSSR count). The van der Waals surface area contributed by atoms with Crippen LogP contribution in [0.3, 0.4) is 0 Å². The highest BCUT2D eigenvalue weighted by atomic mass is 35.5. The molecule has 0 aliphatic heterocycles. The first-order valence-electron chi connectivity index (χ1n) is 31.8. The van der Waals surface area contributed by atoms with Crippen LogP contribution in [0.2, 0.25) is 5.35 Å². The molecule has 0 saturated heterocycles. The van der Waals surface area contributed by atoms with Gasteiger partial charge in [-0.15, -0.1) is 0 Å². The number of alkyl carbamates (subject to hydrolysis) is 1. The van der Waals surface area contributed by atoms with Crippen molar-refractivity contribution in [2.75, 3.05) is 116 Å². The van der Waals surface area contributed by atoms with Gasteiger partial charge >= 0.3 is 6.09 Å². The zero-order valence-electron chi connectivity index (χ0n) is 59.5. The van der Waals surface area contributed by atoms with Crippen LogP contribution in [0.25, 0.3) is 55.5 Å². The van der Waals surface area contributed by atoms with Gasteiger partial charge < -0.3 is 104 Å². The summed E-state index contributed by atoms with van der Waals surface area (Å²) in [6.07, 6.45) is 0.176. The number of oxazole rings is 5. The molecule has 0 fully saturated rings. The van der Waals surface area contributed by atoms with Crippen LogP contribution in [0.15, 0.2) is 166 Å². The predicted octanol–water partition coefficient (Wildman–Crippen LogP) is 9.34. The maximum atomic E-state index is 13.1. The number of rotatable bonds is 24. The molecule has 13 N–H and O–H groups in total. The first-order valence-corrected chi connectivity index (χ1v) is 33.6. The molecule has 6 aromatic carbocycles. The lowest BCUT2D eigenvalue weighted by Gasteiger charge is -2.20. The molecule has 34 nitrogen and oxygen atoms in total. The van der Waals surface area contributed by atoms with E-state index in [1.54, 1.807) is 147 Å². The van der Waals surface area contributed by atoms with E-state index in [9.17, 15) is 46.3 Å². The molecule has 0 unspecified atom stereocenters. The van der Waals surface area contributed by atoms with Gasteiger partial charge in [-0.1, -0.05) is 17.7 Å². The molecule has 5 heterocycles. The largest absolute Gasteiger partial charge is 0.508 e. The highest BCUT2D eigenvalue weighted by Crippen LogP contribution is 2.28. The third-order valence-corrected chi connectivity index (χ3v) is 14.6. The lowest BCUT2D eigenvalue weighted by Crippen LogP contribution is -2.34. The van der Waals surface area contributed by atoms with E-state index in [4.69, 9.17) is 67.7 Å². The van der Waals surface area contributed by atoms with Crippen molar-refractivity contribution in [1.82, 2.24) is 51.5 Å². The van der Waals surface area contributed by atoms with Crippen LogP contribution in [0.4, 0.5) is 37.6 Å². The maximum Gasteiger partial charge on any atom is 0.407 e. The van der Waals surface area contributed by atoms with Crippen LogP contribution in [-0.2, 0) is 34.0 Å². The smallest absolute Gasteiger partial charge is 0.407 e. The second kappa shape index (κ2) is 41.1. The average Bonchev–Trinajstić information content (AvgIpc) is 1.73. The van der Waals surface area contributed by atoms with E-state index in [-0.39, 0.29) is 116 Å². The number of benzene rings is 6. The minimum absolute atomic E-state index is 0.0297. The lowest BCUT2D eigenvalue weighted by atomic mass is 10.2. The number of carbonyl (C=O) groups excluding carboxylic acids is 5. The number of aryl methyl sites for hydroxylation is 1. The summed E-state index contributed by atoms with van der Waals surface area (Å²) in [5.41, 5.74) is 12.2. The van der Waals surface area contributed by atoms with Gasteiger partial charge in [-0.25, -0.2) is 13.6 Å². The van der Waals surface area contributed by atoms with Crippen molar-refractivity contribution in [3.05, 3.63) is 150 Å². The van der Waals surface area contributed by atoms with Gasteiger partial charge in [0, 0.05) is 82.8 Å². The standard InChI is InChI=1S/C19H25FN4O5.C14H17FN4O3.C11H13N3O3.C10H11N3O3.C8H6ClNO2.C7H8O3S/c1-19(2,3)29-18(26)23-9-12(8-20)11-27-13-5-6-14-15(7-13)28-17(24-14)22-10-16(25)21-4;1-17-13(20)7-18-14-19-11-3-2-10(4-12(11)22-14)21-8-9(5-15)6-16;1-12-10(15)6-13-11-14-8-4-3-7(16-2)5-9(8)17-11;1-11-9(15)5-12-10-13-7-3-2-6(14)4-8(7)16-10;1-11-5-2-3-6-7(4-5)12-8(9)10-6;1-6-2-4-7(5-3-6)11(8,9)10/h5-8H,9-11H2,1-4H3,(H,21,25)(H,22,24)(H,23,26);2-5H,6-8,16H2,1H3,(H,17,20)(H,18,19);3-5H,6H2,1-2H3,(H,12,15)(H,13,14);2-4,14H,5H2,1H3,(H,11,15)(H,12,13);2-4H,1H3;2-5H,1H3,(H,8,9,10)/b12-8-;9-5-;;;;. The number of hydrogen-bond acceptors (Lipinski definition) is 28. The van der Waals surface area contributed by atoms with E-state index in [1.807, 2.05) is 6.92 Å². The summed E-state index contributed by atoms with van der Waals surface area (Å²) in [5, 5.41) is 32.8. The molecule has 0 radical (unpaired) electrons. The topological polar surface area (TPSA) is 471 Å². The van der Waals surface area contributed by atoms with Crippen molar-refractivity contribution in [2.45, 2.75) is 38.2 Å². The number of phenolic OH excluding ortho intramolecular Hbond substituents is 1. The minimum Gasteiger partial charge on any atom is -0.508 e. The minimum atomic E-state index is -4.02. The van der Waals surface area contributed by atoms with Crippen molar-refractivity contribution in [3.8, 4) is 28.7 Å². The quantitative estimate of drug-likeness (QED) is 0.0250. The van der Waals surface area contributed by atoms with Crippen LogP contribution >= 0.6 is 11.6 Å². The van der Waals surface area contributed by atoms with Gasteiger partial charge in [0.05, 0.1) is 58.0 Å². The summed E-state index contributed by atoms with van der Waals surface area (Å²) in [5.74, 6) is 1.80. The number of aromatic nitrogens is 5. The number of nitrogens with two attached hydrogens (primary N) is 1. The number of hydrogen-bond donors (Lipinski definition) is 12. The molecule has 572 valence electrons. The van der Waals surface area contributed by atoms with Gasteiger partial charge in [0.1, 0.15) is 75.1 Å². The molecule has 5 amide bonds. The fourth-order valence-electron chi connectivity index (χ4n) is 8.04. The lowest BCUT2D eigenvalue weighted by molar-refractivity contribution is -0.119. The molecule has 0 aliphatic rings. The molecule has 0 atom stereocenters. The number of nitrogens with one attached hydrogen (secondary N) is 9. The number of fused-ring (bicyclic) bond motifs is 5. The SMILES string of the molecule is CNC(=O)CNc1nc2ccc(O)cc2o1.CNC(=O)CNc1nc2ccc(OC)cc2o1.CNC(=O)CNc1nc2ccc(OC/C(=C\F)CN)cc2o1.CNC(=O)CNc1nc2ccc(OC/C(=C\F)CNC(=O)OC(C)(C)C)cc2o1.COc1ccc2nc(Cl)oc2c1.Cc1ccc(S(=O)(=O)O)cc1. The van der Waals surface area contributed by atoms with E-state index in [0.29, 0.717) is 91.5 Å². The molecule has 0 bridgehead atoms. The number of phenols is 1. The molecule has 38 heteroatoms. The third-order valence-electron chi connectivity index (χ3n) is 13.6. The van der Waals surface area contributed by atoms with Gasteiger partial charge in [0.15, 0.2) is 27.9 Å². The van der Waals surface area contributed by atoms with Gasteiger partial charge in [0.2, 0.25) is 23.6 Å². The number of nitrogens with zero attached hydrogens (tertiary/aromatic N) is 5. The molecule has 0 aliphatic carbocycles. The Morgan fingerprint density at radius 3 is 1.21 bits per heavy atom. The number of methoxy groups -OCH3 is 2. The highest BCUT2D eigenvalue weighted by molar-refractivity contribution is 7.85.